The average molecular weight is 407 g/mol. The lowest BCUT2D eigenvalue weighted by atomic mass is 10.1. The monoisotopic (exact) mass is 406 g/mol. The molecule has 2 rings (SSSR count). The molecule has 0 aliphatic carbocycles. The minimum atomic E-state index is -0.241. The molecule has 2 aromatic carbocycles. The van der Waals surface area contributed by atoms with E-state index < -0.39 is 0 Å². The Labute approximate surface area is 154 Å². The number of anilines is 1. The van der Waals surface area contributed by atoms with Crippen LogP contribution in [0, 0.1) is 0 Å². The second-order valence-electron chi connectivity index (χ2n) is 5.26. The van der Waals surface area contributed by atoms with Gasteiger partial charge in [0.2, 0.25) is 5.91 Å². The van der Waals surface area contributed by atoms with Crippen LogP contribution in [0.5, 0.6) is 11.5 Å². The van der Waals surface area contributed by atoms with Crippen LogP contribution in [0.15, 0.2) is 40.9 Å². The first kappa shape index (κ1) is 18.8. The van der Waals surface area contributed by atoms with Gasteiger partial charge in [-0.1, -0.05) is 12.1 Å². The van der Waals surface area contributed by atoms with E-state index in [4.69, 9.17) is 9.47 Å². The summed E-state index contributed by atoms with van der Waals surface area (Å²) in [4.78, 5) is 23.4. The molecule has 0 bridgehead atoms. The molecule has 0 aliphatic heterocycles. The Balaban J connectivity index is 2.06. The molecule has 0 atom stereocenters. The van der Waals surface area contributed by atoms with E-state index in [1.165, 1.54) is 21.1 Å². The lowest BCUT2D eigenvalue weighted by Gasteiger charge is -2.12. The van der Waals surface area contributed by atoms with Gasteiger partial charge in [-0.05, 0) is 45.8 Å². The van der Waals surface area contributed by atoms with Gasteiger partial charge in [-0.2, -0.15) is 0 Å². The number of methoxy groups -OCH3 is 2. The molecule has 6 nitrogen and oxygen atoms in total. The lowest BCUT2D eigenvalue weighted by Crippen LogP contribution is -2.23. The number of halogens is 1. The Hall–Kier alpha value is -2.54. The fourth-order valence-corrected chi connectivity index (χ4v) is 2.75. The molecule has 0 saturated heterocycles. The summed E-state index contributed by atoms with van der Waals surface area (Å²) < 4.78 is 11.1. The number of hydrogen-bond acceptors (Lipinski definition) is 4. The summed E-state index contributed by atoms with van der Waals surface area (Å²) in [5.74, 6) is 0.669. The number of carbonyl (C=O) groups is 2. The van der Waals surface area contributed by atoms with Crippen LogP contribution in [-0.2, 0) is 11.3 Å². The minimum absolute atomic E-state index is 0.126. The Morgan fingerprint density at radius 1 is 1.04 bits per heavy atom. The summed E-state index contributed by atoms with van der Waals surface area (Å²) in [6.07, 6.45) is 0. The summed E-state index contributed by atoms with van der Waals surface area (Å²) in [6, 6.07) is 10.5. The molecule has 7 heteroatoms. The van der Waals surface area contributed by atoms with Gasteiger partial charge in [0.25, 0.3) is 5.91 Å². The molecule has 0 saturated carbocycles. The van der Waals surface area contributed by atoms with E-state index in [1.807, 2.05) is 12.1 Å². The van der Waals surface area contributed by atoms with Gasteiger partial charge in [0, 0.05) is 24.7 Å². The molecule has 0 spiro atoms. The van der Waals surface area contributed by atoms with Crippen molar-refractivity contribution in [3.63, 3.8) is 0 Å². The molecule has 0 aliphatic rings. The summed E-state index contributed by atoms with van der Waals surface area (Å²) in [6.45, 7) is 1.81. The highest BCUT2D eigenvalue weighted by molar-refractivity contribution is 9.10. The van der Waals surface area contributed by atoms with E-state index in [0.717, 1.165) is 5.56 Å². The van der Waals surface area contributed by atoms with E-state index >= 15 is 0 Å². The van der Waals surface area contributed by atoms with Crippen LogP contribution in [0.25, 0.3) is 0 Å². The molecular formula is C18H19BrN2O4. The first-order valence-electron chi connectivity index (χ1n) is 7.51. The van der Waals surface area contributed by atoms with Crippen molar-refractivity contribution in [1.29, 1.82) is 0 Å². The van der Waals surface area contributed by atoms with Crippen molar-refractivity contribution >= 4 is 33.4 Å². The van der Waals surface area contributed by atoms with Gasteiger partial charge in [-0.15, -0.1) is 0 Å². The predicted molar refractivity (Wildman–Crippen MR) is 99.2 cm³/mol. The normalized spacial score (nSPS) is 10.1. The summed E-state index contributed by atoms with van der Waals surface area (Å²) >= 11 is 3.37. The summed E-state index contributed by atoms with van der Waals surface area (Å²) in [5.41, 5.74) is 2.07. The van der Waals surface area contributed by atoms with Gasteiger partial charge in [0.05, 0.1) is 14.2 Å². The van der Waals surface area contributed by atoms with Crippen LogP contribution in [0.2, 0.25) is 0 Å². The number of rotatable bonds is 6. The fraction of sp³-hybridized carbons (Fsp3) is 0.222. The Morgan fingerprint density at radius 2 is 1.60 bits per heavy atom. The van der Waals surface area contributed by atoms with Crippen LogP contribution in [0.1, 0.15) is 22.8 Å². The molecule has 0 heterocycles. The molecule has 2 aromatic rings. The fourth-order valence-electron chi connectivity index (χ4n) is 2.19. The van der Waals surface area contributed by atoms with Crippen molar-refractivity contribution in [2.75, 3.05) is 19.5 Å². The highest BCUT2D eigenvalue weighted by Gasteiger charge is 2.14. The van der Waals surface area contributed by atoms with Crippen molar-refractivity contribution in [2.24, 2.45) is 0 Å². The number of ether oxygens (including phenoxy) is 2. The van der Waals surface area contributed by atoms with Crippen molar-refractivity contribution < 1.29 is 19.1 Å². The van der Waals surface area contributed by atoms with Gasteiger partial charge >= 0.3 is 0 Å². The molecule has 0 radical (unpaired) electrons. The summed E-state index contributed by atoms with van der Waals surface area (Å²) in [7, 11) is 3.05. The second kappa shape index (κ2) is 8.53. The van der Waals surface area contributed by atoms with Crippen LogP contribution < -0.4 is 20.1 Å². The molecule has 2 N–H and O–H groups in total. The van der Waals surface area contributed by atoms with E-state index in [2.05, 4.69) is 26.6 Å². The molecule has 0 unspecified atom stereocenters. The van der Waals surface area contributed by atoms with Crippen molar-refractivity contribution in [3.05, 3.63) is 52.0 Å². The van der Waals surface area contributed by atoms with E-state index in [0.29, 0.717) is 33.8 Å². The Bertz CT molecular complexity index is 750. The first-order valence-corrected chi connectivity index (χ1v) is 8.30. The third-order valence-corrected chi connectivity index (χ3v) is 4.22. The number of amides is 2. The zero-order chi connectivity index (χ0) is 18.4. The third kappa shape index (κ3) is 4.96. The van der Waals surface area contributed by atoms with Gasteiger partial charge < -0.3 is 20.1 Å². The number of nitrogens with one attached hydrogen (secondary N) is 2. The van der Waals surface area contributed by atoms with E-state index in [1.54, 1.807) is 24.3 Å². The lowest BCUT2D eigenvalue weighted by molar-refractivity contribution is -0.114. The summed E-state index contributed by atoms with van der Waals surface area (Å²) in [5, 5.41) is 5.54. The number of hydrogen-bond donors (Lipinski definition) is 2. The zero-order valence-corrected chi connectivity index (χ0v) is 15.8. The Morgan fingerprint density at radius 3 is 2.08 bits per heavy atom. The maximum Gasteiger partial charge on any atom is 0.251 e. The Kier molecular flexibility index (Phi) is 6.41. The largest absolute Gasteiger partial charge is 0.495 e. The van der Waals surface area contributed by atoms with Crippen LogP contribution in [-0.4, -0.2) is 26.0 Å². The SMILES string of the molecule is COc1cc(C(=O)NCc2ccc(NC(C)=O)cc2)cc(OC)c1Br. The minimum Gasteiger partial charge on any atom is -0.495 e. The smallest absolute Gasteiger partial charge is 0.251 e. The standard InChI is InChI=1S/C18H19BrN2O4/c1-11(22)21-14-6-4-12(5-7-14)10-20-18(23)13-8-15(24-2)17(19)16(9-13)25-3/h4-9H,10H2,1-3H3,(H,20,23)(H,21,22). The number of carbonyl (C=O) groups excluding carboxylic acids is 2. The third-order valence-electron chi connectivity index (χ3n) is 3.44. The predicted octanol–water partition coefficient (Wildman–Crippen LogP) is 3.35. The highest BCUT2D eigenvalue weighted by atomic mass is 79.9. The molecule has 25 heavy (non-hydrogen) atoms. The number of benzene rings is 2. The highest BCUT2D eigenvalue weighted by Crippen LogP contribution is 2.35. The quantitative estimate of drug-likeness (QED) is 0.770. The molecule has 132 valence electrons. The maximum absolute atomic E-state index is 12.4. The van der Waals surface area contributed by atoms with Crippen LogP contribution >= 0.6 is 15.9 Å². The molecular weight excluding hydrogens is 388 g/mol. The van der Waals surface area contributed by atoms with Crippen molar-refractivity contribution in [3.8, 4) is 11.5 Å². The first-order chi connectivity index (χ1) is 11.9. The maximum atomic E-state index is 12.4. The van der Waals surface area contributed by atoms with E-state index in [-0.39, 0.29) is 11.8 Å². The van der Waals surface area contributed by atoms with E-state index in [9.17, 15) is 9.59 Å². The van der Waals surface area contributed by atoms with Crippen LogP contribution in [0.3, 0.4) is 0 Å². The average Bonchev–Trinajstić information content (AvgIpc) is 2.60. The van der Waals surface area contributed by atoms with Crippen molar-refractivity contribution in [1.82, 2.24) is 5.32 Å². The second-order valence-corrected chi connectivity index (χ2v) is 6.05. The molecule has 2 amide bonds. The van der Waals surface area contributed by atoms with Gasteiger partial charge in [-0.25, -0.2) is 0 Å². The zero-order valence-electron chi connectivity index (χ0n) is 14.2. The van der Waals surface area contributed by atoms with Gasteiger partial charge in [-0.3, -0.25) is 9.59 Å². The van der Waals surface area contributed by atoms with Gasteiger partial charge in [0.15, 0.2) is 0 Å². The van der Waals surface area contributed by atoms with Gasteiger partial charge in [0.1, 0.15) is 16.0 Å². The molecule has 0 aromatic heterocycles. The molecule has 0 fully saturated rings. The van der Waals surface area contributed by atoms with Crippen LogP contribution in [0.4, 0.5) is 5.69 Å². The topological polar surface area (TPSA) is 76.7 Å². The van der Waals surface area contributed by atoms with Crippen molar-refractivity contribution in [2.45, 2.75) is 13.5 Å².